The summed E-state index contributed by atoms with van der Waals surface area (Å²) in [5, 5.41) is 0. The zero-order valence-electron chi connectivity index (χ0n) is 26.6. The van der Waals surface area contributed by atoms with Gasteiger partial charge in [-0.3, -0.25) is 19.2 Å². The van der Waals surface area contributed by atoms with Crippen LogP contribution >= 0.6 is 23.5 Å². The van der Waals surface area contributed by atoms with Gasteiger partial charge in [0.25, 0.3) is 0 Å². The van der Waals surface area contributed by atoms with Crippen LogP contribution < -0.4 is 0 Å². The summed E-state index contributed by atoms with van der Waals surface area (Å²) in [5.41, 5.74) is -1.84. The maximum absolute atomic E-state index is 14.7. The molecule has 226 valence electrons. The number of methoxy groups -OCH3 is 1. The Bertz CT molecular complexity index is 1290. The van der Waals surface area contributed by atoms with Gasteiger partial charge in [0.05, 0.1) is 27.8 Å². The number of Topliss-reactive ketones (excluding diaryl/α,β-unsaturated/α-hetero) is 2. The number of hydrogen-bond donors (Lipinski definition) is 0. The van der Waals surface area contributed by atoms with Gasteiger partial charge >= 0.3 is 5.97 Å². The van der Waals surface area contributed by atoms with Crippen molar-refractivity contribution in [3.63, 3.8) is 0 Å². The molecule has 5 aliphatic rings. The summed E-state index contributed by atoms with van der Waals surface area (Å²) < 4.78 is 6.20. The van der Waals surface area contributed by atoms with E-state index in [0.717, 1.165) is 48.3 Å². The van der Waals surface area contributed by atoms with E-state index in [0.29, 0.717) is 12.0 Å². The average molecular weight is 601 g/mol. The molecule has 5 rings (SSSR count). The molecular weight excluding hydrogens is 553 g/mol. The quantitative estimate of drug-likeness (QED) is 0.189. The van der Waals surface area contributed by atoms with Gasteiger partial charge in [-0.05, 0) is 104 Å². The fourth-order valence-electron chi connectivity index (χ4n) is 10.6. The van der Waals surface area contributed by atoms with Gasteiger partial charge in [-0.15, -0.1) is 23.5 Å². The number of esters is 1. The van der Waals surface area contributed by atoms with Crippen molar-refractivity contribution in [1.82, 2.24) is 0 Å². The monoisotopic (exact) mass is 600 g/mol. The standard InChI is InChI=1S/C34H48O5S2/c1-29(2)13-15-34(28(38)39-8)16-14-32(6)24(19(34)18-29)20(35)17-22-31(32,5)12-11-21-30(3,4)25(36)23(27(40-9)41-10)26(37)33(21,22)7/h17,19,21,24H,11-16,18H2,1-10H3/t19-,21-,24-,31+,32+,33-,34-/m0/s1. The highest BCUT2D eigenvalue weighted by Gasteiger charge is 2.73. The number of carbonyl (C=O) groups excluding carboxylic acids is 4. The van der Waals surface area contributed by atoms with Crippen molar-refractivity contribution in [2.24, 2.45) is 50.2 Å². The second kappa shape index (κ2) is 9.58. The van der Waals surface area contributed by atoms with Gasteiger partial charge in [-0.1, -0.05) is 41.5 Å². The molecule has 0 radical (unpaired) electrons. The summed E-state index contributed by atoms with van der Waals surface area (Å²) in [5.74, 6) is -0.869. The van der Waals surface area contributed by atoms with Gasteiger partial charge in [0.2, 0.25) is 0 Å². The molecule has 5 aliphatic carbocycles. The fourth-order valence-corrected chi connectivity index (χ4v) is 12.0. The molecule has 41 heavy (non-hydrogen) atoms. The Morgan fingerprint density at radius 3 is 2.07 bits per heavy atom. The first-order valence-corrected chi connectivity index (χ1v) is 17.6. The van der Waals surface area contributed by atoms with Crippen LogP contribution in [0.5, 0.6) is 0 Å². The van der Waals surface area contributed by atoms with Crippen molar-refractivity contribution in [1.29, 1.82) is 0 Å². The molecule has 0 amide bonds. The molecule has 0 aromatic rings. The third-order valence-corrected chi connectivity index (χ3v) is 15.2. The minimum Gasteiger partial charge on any atom is -0.469 e. The van der Waals surface area contributed by atoms with Crippen molar-refractivity contribution in [2.45, 2.75) is 93.4 Å². The summed E-state index contributed by atoms with van der Waals surface area (Å²) in [7, 11) is 1.48. The highest BCUT2D eigenvalue weighted by atomic mass is 32.2. The van der Waals surface area contributed by atoms with E-state index in [1.54, 1.807) is 0 Å². The maximum atomic E-state index is 14.7. The molecule has 7 atom stereocenters. The first-order valence-electron chi connectivity index (χ1n) is 15.2. The lowest BCUT2D eigenvalue weighted by Crippen LogP contribution is -2.67. The number of ether oxygens (including phenoxy) is 1. The Labute approximate surface area is 254 Å². The highest BCUT2D eigenvalue weighted by molar-refractivity contribution is 8.21. The Morgan fingerprint density at radius 2 is 1.49 bits per heavy atom. The lowest BCUT2D eigenvalue weighted by atomic mass is 9.33. The van der Waals surface area contributed by atoms with E-state index in [2.05, 4.69) is 27.7 Å². The fraction of sp³-hybridized carbons (Fsp3) is 0.765. The topological polar surface area (TPSA) is 77.5 Å². The molecule has 7 heteroatoms. The van der Waals surface area contributed by atoms with Crippen LogP contribution in [-0.4, -0.2) is 42.9 Å². The van der Waals surface area contributed by atoms with E-state index in [9.17, 15) is 19.2 Å². The number of hydrogen-bond acceptors (Lipinski definition) is 7. The summed E-state index contributed by atoms with van der Waals surface area (Å²) in [6.45, 7) is 15.1. The van der Waals surface area contributed by atoms with Gasteiger partial charge in [0.1, 0.15) is 0 Å². The van der Waals surface area contributed by atoms with Crippen LogP contribution in [0.4, 0.5) is 0 Å². The second-order valence-corrected chi connectivity index (χ2v) is 17.4. The molecule has 0 N–H and O–H groups in total. The molecule has 0 aromatic heterocycles. The largest absolute Gasteiger partial charge is 0.469 e. The van der Waals surface area contributed by atoms with E-state index in [1.165, 1.54) is 30.6 Å². The van der Waals surface area contributed by atoms with Crippen LogP contribution in [0.3, 0.4) is 0 Å². The van der Waals surface area contributed by atoms with Crippen LogP contribution in [0.15, 0.2) is 21.5 Å². The summed E-state index contributed by atoms with van der Waals surface area (Å²) >= 11 is 2.91. The number of allylic oxidation sites excluding steroid dienone is 3. The molecule has 0 saturated heterocycles. The van der Waals surface area contributed by atoms with Crippen molar-refractivity contribution in [3.05, 3.63) is 21.5 Å². The predicted octanol–water partition coefficient (Wildman–Crippen LogP) is 7.44. The van der Waals surface area contributed by atoms with Crippen molar-refractivity contribution >= 4 is 46.8 Å². The normalized spacial score (nSPS) is 42.8. The van der Waals surface area contributed by atoms with E-state index in [4.69, 9.17) is 4.74 Å². The minimum atomic E-state index is -0.942. The Hall–Kier alpha value is -1.34. The smallest absolute Gasteiger partial charge is 0.312 e. The molecular formula is C34H48O5S2. The number of carbonyl (C=O) groups is 4. The molecule has 0 bridgehead atoms. The van der Waals surface area contributed by atoms with Crippen LogP contribution in [0, 0.1) is 50.2 Å². The zero-order valence-corrected chi connectivity index (χ0v) is 28.2. The third kappa shape index (κ3) is 3.82. The number of thioether (sulfide) groups is 2. The summed E-state index contributed by atoms with van der Waals surface area (Å²) in [4.78, 5) is 56.7. The van der Waals surface area contributed by atoms with Crippen LogP contribution in [0.2, 0.25) is 0 Å². The molecule has 0 heterocycles. The van der Waals surface area contributed by atoms with Gasteiger partial charge in [-0.2, -0.15) is 0 Å². The predicted molar refractivity (Wildman–Crippen MR) is 166 cm³/mol. The first-order chi connectivity index (χ1) is 18.9. The molecule has 0 aliphatic heterocycles. The number of rotatable bonds is 3. The summed E-state index contributed by atoms with van der Waals surface area (Å²) in [6, 6.07) is 0. The molecule has 0 spiro atoms. The number of ketones is 3. The molecule has 0 unspecified atom stereocenters. The minimum absolute atomic E-state index is 0.0325. The Balaban J connectivity index is 1.72. The van der Waals surface area contributed by atoms with E-state index < -0.39 is 27.1 Å². The van der Waals surface area contributed by atoms with Gasteiger partial charge in [-0.25, -0.2) is 0 Å². The molecule has 5 nitrogen and oxygen atoms in total. The molecule has 4 fully saturated rings. The van der Waals surface area contributed by atoms with Crippen molar-refractivity contribution in [2.75, 3.05) is 19.6 Å². The lowest BCUT2D eigenvalue weighted by Gasteiger charge is -2.68. The summed E-state index contributed by atoms with van der Waals surface area (Å²) in [6.07, 6.45) is 11.2. The van der Waals surface area contributed by atoms with E-state index in [1.807, 2.05) is 39.4 Å². The van der Waals surface area contributed by atoms with Gasteiger partial charge < -0.3 is 4.74 Å². The third-order valence-electron chi connectivity index (χ3n) is 13.1. The average Bonchev–Trinajstić information content (AvgIpc) is 2.90. The van der Waals surface area contributed by atoms with E-state index >= 15 is 0 Å². The van der Waals surface area contributed by atoms with Crippen LogP contribution in [0.1, 0.15) is 93.4 Å². The maximum Gasteiger partial charge on any atom is 0.312 e. The number of fused-ring (bicyclic) bond motifs is 7. The van der Waals surface area contributed by atoms with Crippen molar-refractivity contribution < 1.29 is 23.9 Å². The van der Waals surface area contributed by atoms with Crippen molar-refractivity contribution in [3.8, 4) is 0 Å². The Kier molecular flexibility index (Phi) is 7.26. The second-order valence-electron chi connectivity index (χ2n) is 15.6. The van der Waals surface area contributed by atoms with Crippen LogP contribution in [-0.2, 0) is 23.9 Å². The molecule has 4 saturated carbocycles. The van der Waals surface area contributed by atoms with E-state index in [-0.39, 0.29) is 46.5 Å². The highest BCUT2D eigenvalue weighted by Crippen LogP contribution is 2.75. The zero-order chi connectivity index (χ0) is 30.6. The first kappa shape index (κ1) is 31.1. The lowest BCUT2D eigenvalue weighted by molar-refractivity contribution is -0.192. The van der Waals surface area contributed by atoms with Gasteiger partial charge in [0, 0.05) is 11.3 Å². The SMILES string of the molecule is COC(=O)[C@]12CCC(C)(C)C[C@H]1[C@H]1C(=O)C=C3[C@@]4(C)C(=O)C(=C(SC)SC)C(=O)C(C)(C)[C@@H]4CC[C@@]3(C)[C@]1(C)CC2. The van der Waals surface area contributed by atoms with Crippen LogP contribution in [0.25, 0.3) is 0 Å². The molecule has 0 aromatic carbocycles. The van der Waals surface area contributed by atoms with Gasteiger partial charge in [0.15, 0.2) is 17.3 Å². The Morgan fingerprint density at radius 1 is 0.878 bits per heavy atom.